The topological polar surface area (TPSA) is 69.7 Å². The van der Waals surface area contributed by atoms with E-state index in [-0.39, 0.29) is 17.9 Å². The number of fused-ring (bicyclic) bond motifs is 7. The Morgan fingerprint density at radius 1 is 1.10 bits per heavy atom. The Morgan fingerprint density at radius 2 is 1.84 bits per heavy atom. The van der Waals surface area contributed by atoms with Crippen molar-refractivity contribution in [2.45, 2.75) is 31.3 Å². The van der Waals surface area contributed by atoms with Crippen LogP contribution in [0.2, 0.25) is 5.02 Å². The Morgan fingerprint density at radius 3 is 2.58 bits per heavy atom. The quantitative estimate of drug-likeness (QED) is 0.693. The fourth-order valence-electron chi connectivity index (χ4n) is 6.24. The summed E-state index contributed by atoms with van der Waals surface area (Å²) in [5.41, 5.74) is 1.18. The van der Waals surface area contributed by atoms with Gasteiger partial charge in [-0.2, -0.15) is 0 Å². The number of nitrogens with one attached hydrogen (secondary N) is 1. The Bertz CT molecular complexity index is 1180. The van der Waals surface area contributed by atoms with E-state index in [0.29, 0.717) is 28.5 Å². The van der Waals surface area contributed by atoms with Crippen LogP contribution in [0.4, 0.5) is 15.8 Å². The van der Waals surface area contributed by atoms with Gasteiger partial charge in [0, 0.05) is 16.6 Å². The van der Waals surface area contributed by atoms with Crippen LogP contribution >= 0.6 is 11.6 Å². The highest BCUT2D eigenvalue weighted by Gasteiger charge is 2.74. The second kappa shape index (κ2) is 6.14. The standard InChI is InChI=1S/C23H19ClFN3O3/c1-11-15(24)9-8-14-19(11)26-22(31)23(14)18-17(16-3-2-10-27(16)23)20(29)28(21(18)30)13-6-4-12(25)5-7-13/h4-9,16-18H,2-3,10H2,1H3,(H,26,31)/t16-,17-,18-,23-/m1/s1. The zero-order valence-electron chi connectivity index (χ0n) is 16.7. The van der Waals surface area contributed by atoms with Crippen LogP contribution in [0.15, 0.2) is 36.4 Å². The first-order chi connectivity index (χ1) is 14.9. The smallest absolute Gasteiger partial charge is 0.250 e. The lowest BCUT2D eigenvalue weighted by Crippen LogP contribution is -2.54. The Kier molecular flexibility index (Phi) is 3.76. The van der Waals surface area contributed by atoms with Gasteiger partial charge in [0.2, 0.25) is 17.7 Å². The fraction of sp³-hybridized carbons (Fsp3) is 0.348. The number of anilines is 2. The third kappa shape index (κ3) is 2.13. The number of nitrogens with zero attached hydrogens (tertiary/aromatic N) is 2. The SMILES string of the molecule is Cc1c(Cl)ccc2c1NC(=O)[C@]21[C@H]2C(=O)N(c3ccc(F)cc3)C(=O)[C@@H]2[C@H]2CCCN21. The van der Waals surface area contributed by atoms with E-state index in [1.807, 2.05) is 6.92 Å². The maximum Gasteiger partial charge on any atom is 0.250 e. The van der Waals surface area contributed by atoms with Gasteiger partial charge in [-0.25, -0.2) is 9.29 Å². The predicted molar refractivity (Wildman–Crippen MR) is 112 cm³/mol. The number of amides is 3. The molecule has 0 aromatic heterocycles. The second-order valence-electron chi connectivity index (χ2n) is 8.71. The van der Waals surface area contributed by atoms with Crippen molar-refractivity contribution in [3.63, 3.8) is 0 Å². The first kappa shape index (κ1) is 19.0. The molecule has 0 bridgehead atoms. The van der Waals surface area contributed by atoms with Gasteiger partial charge in [-0.1, -0.05) is 17.7 Å². The summed E-state index contributed by atoms with van der Waals surface area (Å²) in [4.78, 5) is 44.1. The number of carbonyl (C=O) groups excluding carboxylic acids is 3. The van der Waals surface area contributed by atoms with Crippen molar-refractivity contribution < 1.29 is 18.8 Å². The lowest BCUT2D eigenvalue weighted by molar-refractivity contribution is -0.135. The van der Waals surface area contributed by atoms with Crippen molar-refractivity contribution >= 4 is 40.7 Å². The summed E-state index contributed by atoms with van der Waals surface area (Å²) in [6.07, 6.45) is 1.59. The van der Waals surface area contributed by atoms with Crippen LogP contribution in [0, 0.1) is 24.6 Å². The molecule has 31 heavy (non-hydrogen) atoms. The van der Waals surface area contributed by atoms with E-state index in [9.17, 15) is 18.8 Å². The van der Waals surface area contributed by atoms with Crippen molar-refractivity contribution in [3.8, 4) is 0 Å². The highest BCUT2D eigenvalue weighted by atomic mass is 35.5. The second-order valence-corrected chi connectivity index (χ2v) is 9.12. The number of carbonyl (C=O) groups is 3. The Balaban J connectivity index is 1.56. The van der Waals surface area contributed by atoms with Gasteiger partial charge < -0.3 is 5.32 Å². The minimum atomic E-state index is -1.24. The average molecular weight is 440 g/mol. The van der Waals surface area contributed by atoms with Gasteiger partial charge in [-0.05, 0) is 62.2 Å². The number of imide groups is 1. The molecule has 3 saturated heterocycles. The van der Waals surface area contributed by atoms with Crippen LogP contribution in [-0.2, 0) is 19.9 Å². The minimum absolute atomic E-state index is 0.195. The average Bonchev–Trinajstić information content (AvgIpc) is 3.45. The summed E-state index contributed by atoms with van der Waals surface area (Å²) in [5.74, 6) is -2.91. The molecule has 3 fully saturated rings. The third-order valence-electron chi connectivity index (χ3n) is 7.45. The van der Waals surface area contributed by atoms with E-state index in [2.05, 4.69) is 10.2 Å². The molecule has 3 amide bonds. The zero-order valence-corrected chi connectivity index (χ0v) is 17.4. The van der Waals surface area contributed by atoms with Crippen molar-refractivity contribution in [1.29, 1.82) is 0 Å². The number of hydrogen-bond acceptors (Lipinski definition) is 4. The fourth-order valence-corrected chi connectivity index (χ4v) is 6.39. The molecule has 158 valence electrons. The molecule has 0 aliphatic carbocycles. The van der Waals surface area contributed by atoms with Crippen LogP contribution in [-0.4, -0.2) is 35.2 Å². The summed E-state index contributed by atoms with van der Waals surface area (Å²) < 4.78 is 13.4. The molecule has 0 saturated carbocycles. The first-order valence-corrected chi connectivity index (χ1v) is 10.8. The lowest BCUT2D eigenvalue weighted by Gasteiger charge is -2.36. The molecule has 8 heteroatoms. The molecule has 2 aromatic rings. The summed E-state index contributed by atoms with van der Waals surface area (Å²) in [6, 6.07) is 8.66. The van der Waals surface area contributed by atoms with Crippen LogP contribution in [0.25, 0.3) is 0 Å². The highest BCUT2D eigenvalue weighted by Crippen LogP contribution is 2.61. The van der Waals surface area contributed by atoms with Gasteiger partial charge in [0.05, 0.1) is 23.2 Å². The predicted octanol–water partition coefficient (Wildman–Crippen LogP) is 3.22. The van der Waals surface area contributed by atoms with Crippen LogP contribution in [0.5, 0.6) is 0 Å². The molecule has 4 heterocycles. The molecular formula is C23H19ClFN3O3. The van der Waals surface area contributed by atoms with Crippen molar-refractivity contribution in [3.05, 3.63) is 58.4 Å². The van der Waals surface area contributed by atoms with E-state index < -0.39 is 29.1 Å². The van der Waals surface area contributed by atoms with Crippen molar-refractivity contribution in [2.75, 3.05) is 16.8 Å². The molecule has 6 rings (SSSR count). The Labute approximate surface area is 183 Å². The largest absolute Gasteiger partial charge is 0.324 e. The van der Waals surface area contributed by atoms with E-state index >= 15 is 0 Å². The molecule has 0 radical (unpaired) electrons. The summed E-state index contributed by atoms with van der Waals surface area (Å²) in [5, 5.41) is 3.50. The van der Waals surface area contributed by atoms with Crippen molar-refractivity contribution in [1.82, 2.24) is 4.90 Å². The molecule has 2 aromatic carbocycles. The monoisotopic (exact) mass is 439 g/mol. The number of halogens is 2. The molecular weight excluding hydrogens is 421 g/mol. The summed E-state index contributed by atoms with van der Waals surface area (Å²) in [7, 11) is 0. The third-order valence-corrected chi connectivity index (χ3v) is 7.86. The maximum atomic E-state index is 13.8. The van der Waals surface area contributed by atoms with Gasteiger partial charge in [0.25, 0.3) is 0 Å². The van der Waals surface area contributed by atoms with Gasteiger partial charge in [-0.15, -0.1) is 0 Å². The number of benzene rings is 2. The number of hydrogen-bond donors (Lipinski definition) is 1. The van der Waals surface area contributed by atoms with Gasteiger partial charge in [-0.3, -0.25) is 19.3 Å². The van der Waals surface area contributed by atoms with Crippen LogP contribution in [0.1, 0.15) is 24.0 Å². The molecule has 4 atom stereocenters. The van der Waals surface area contributed by atoms with Gasteiger partial charge >= 0.3 is 0 Å². The molecule has 6 nitrogen and oxygen atoms in total. The van der Waals surface area contributed by atoms with Gasteiger partial charge in [0.15, 0.2) is 0 Å². The molecule has 1 N–H and O–H groups in total. The van der Waals surface area contributed by atoms with E-state index in [1.165, 1.54) is 24.3 Å². The van der Waals surface area contributed by atoms with Crippen LogP contribution in [0.3, 0.4) is 0 Å². The van der Waals surface area contributed by atoms with Crippen molar-refractivity contribution in [2.24, 2.45) is 11.8 Å². The van der Waals surface area contributed by atoms with Gasteiger partial charge in [0.1, 0.15) is 11.4 Å². The van der Waals surface area contributed by atoms with E-state index in [1.54, 1.807) is 12.1 Å². The van der Waals surface area contributed by atoms with Crippen LogP contribution < -0.4 is 10.2 Å². The summed E-state index contributed by atoms with van der Waals surface area (Å²) >= 11 is 6.30. The zero-order chi connectivity index (χ0) is 21.7. The minimum Gasteiger partial charge on any atom is -0.324 e. The molecule has 4 aliphatic rings. The Hall–Kier alpha value is -2.77. The normalized spacial score (nSPS) is 31.4. The lowest BCUT2D eigenvalue weighted by atomic mass is 9.75. The highest BCUT2D eigenvalue weighted by molar-refractivity contribution is 6.32. The van der Waals surface area contributed by atoms with E-state index in [0.717, 1.165) is 23.3 Å². The van der Waals surface area contributed by atoms with E-state index in [4.69, 9.17) is 11.6 Å². The molecule has 0 unspecified atom stereocenters. The summed E-state index contributed by atoms with van der Waals surface area (Å²) in [6.45, 7) is 2.48. The molecule has 4 aliphatic heterocycles. The molecule has 1 spiro atoms. The first-order valence-electron chi connectivity index (χ1n) is 10.4. The maximum absolute atomic E-state index is 13.8. The number of rotatable bonds is 1.